The molecule has 82 valence electrons. The third-order valence-electron chi connectivity index (χ3n) is 1.89. The number of phenolic OH excluding ortho intramolecular Hbond substituents is 1. The van der Waals surface area contributed by atoms with Crippen molar-refractivity contribution in [1.29, 1.82) is 0 Å². The number of halogens is 3. The summed E-state index contributed by atoms with van der Waals surface area (Å²) in [7, 11) is 0. The van der Waals surface area contributed by atoms with Gasteiger partial charge < -0.3 is 10.8 Å². The van der Waals surface area contributed by atoms with Crippen molar-refractivity contribution in [2.75, 3.05) is 5.73 Å². The number of alkyl halides is 3. The smallest absolute Gasteiger partial charge is 0.419 e. The number of benzene rings is 1. The Morgan fingerprint density at radius 2 is 1.93 bits per heavy atom. The molecule has 0 aromatic heterocycles. The fourth-order valence-corrected chi connectivity index (χ4v) is 1.21. The number of rotatable bonds is 1. The highest BCUT2D eigenvalue weighted by Gasteiger charge is 2.37. The largest absolute Gasteiger partial charge is 0.506 e. The number of hydrogen-bond acceptors (Lipinski definition) is 3. The second-order valence-electron chi connectivity index (χ2n) is 2.97. The summed E-state index contributed by atoms with van der Waals surface area (Å²) in [6.07, 6.45) is -4.76. The van der Waals surface area contributed by atoms with Crippen LogP contribution >= 0.6 is 0 Å². The van der Waals surface area contributed by atoms with E-state index in [1.165, 1.54) is 0 Å². The van der Waals surface area contributed by atoms with E-state index in [0.29, 0.717) is 0 Å². The molecule has 0 bridgehead atoms. The van der Waals surface area contributed by atoms with Crippen molar-refractivity contribution >= 4 is 11.5 Å². The van der Waals surface area contributed by atoms with Crippen LogP contribution in [-0.4, -0.2) is 10.9 Å². The van der Waals surface area contributed by atoms with Crippen LogP contribution in [0.1, 0.15) is 22.8 Å². The average Bonchev–Trinajstić information content (AvgIpc) is 2.06. The Morgan fingerprint density at radius 3 is 2.33 bits per heavy atom. The molecule has 0 radical (unpaired) electrons. The minimum absolute atomic E-state index is 0.544. The van der Waals surface area contributed by atoms with E-state index in [4.69, 9.17) is 10.8 Å². The van der Waals surface area contributed by atoms with Crippen LogP contribution in [0.4, 0.5) is 18.9 Å². The normalized spacial score (nSPS) is 11.5. The molecule has 3 N–H and O–H groups in total. The molecule has 0 aliphatic rings. The van der Waals surface area contributed by atoms with Crippen LogP contribution < -0.4 is 5.73 Å². The lowest BCUT2D eigenvalue weighted by molar-refractivity contribution is -0.137. The summed E-state index contributed by atoms with van der Waals surface area (Å²) in [6.45, 7) is 1.00. The van der Waals surface area contributed by atoms with Crippen LogP contribution in [0.15, 0.2) is 12.1 Å². The van der Waals surface area contributed by atoms with Crippen molar-refractivity contribution in [1.82, 2.24) is 0 Å². The molecule has 6 heteroatoms. The number of hydrogen-bond donors (Lipinski definition) is 2. The Bertz CT molecular complexity index is 413. The molecular formula is C9H8F3NO2. The van der Waals surface area contributed by atoms with E-state index < -0.39 is 34.5 Å². The number of Topliss-reactive ketones (excluding diaryl/α,β-unsaturated/α-hetero) is 1. The summed E-state index contributed by atoms with van der Waals surface area (Å²) in [5.41, 5.74) is 2.44. The number of ketones is 1. The second-order valence-corrected chi connectivity index (χ2v) is 2.97. The number of phenols is 1. The van der Waals surface area contributed by atoms with E-state index in [0.717, 1.165) is 19.1 Å². The van der Waals surface area contributed by atoms with Crippen molar-refractivity contribution in [3.8, 4) is 5.75 Å². The standard InChI is InChI=1S/C9H8F3NO2/c1-4(14)5-2-3-6(15)8(13)7(5)9(10,11)12/h2-3,15H,13H2,1H3. The molecule has 0 unspecified atom stereocenters. The van der Waals surface area contributed by atoms with Gasteiger partial charge in [-0.15, -0.1) is 0 Å². The van der Waals surface area contributed by atoms with Gasteiger partial charge in [-0.1, -0.05) is 0 Å². The zero-order valence-corrected chi connectivity index (χ0v) is 7.72. The van der Waals surface area contributed by atoms with E-state index in [9.17, 15) is 18.0 Å². The molecule has 0 atom stereocenters. The van der Waals surface area contributed by atoms with E-state index in [2.05, 4.69) is 0 Å². The van der Waals surface area contributed by atoms with Crippen molar-refractivity contribution in [3.05, 3.63) is 23.3 Å². The second kappa shape index (κ2) is 3.45. The Labute approximate surface area is 83.3 Å². The summed E-state index contributed by atoms with van der Waals surface area (Å²) in [6, 6.07) is 1.86. The molecule has 3 nitrogen and oxygen atoms in total. The maximum Gasteiger partial charge on any atom is 0.419 e. The van der Waals surface area contributed by atoms with Crippen LogP contribution in [0.5, 0.6) is 5.75 Å². The predicted octanol–water partition coefficient (Wildman–Crippen LogP) is 2.20. The molecule has 0 amide bonds. The lowest BCUT2D eigenvalue weighted by atomic mass is 10.0. The number of aromatic hydroxyl groups is 1. The van der Waals surface area contributed by atoms with Gasteiger partial charge in [0.15, 0.2) is 5.78 Å². The quantitative estimate of drug-likeness (QED) is 0.432. The van der Waals surface area contributed by atoms with Crippen molar-refractivity contribution < 1.29 is 23.1 Å². The zero-order chi connectivity index (χ0) is 11.8. The summed E-state index contributed by atoms with van der Waals surface area (Å²) < 4.78 is 37.5. The first kappa shape index (κ1) is 11.4. The first-order valence-corrected chi connectivity index (χ1v) is 3.94. The van der Waals surface area contributed by atoms with Crippen LogP contribution in [-0.2, 0) is 6.18 Å². The first-order valence-electron chi connectivity index (χ1n) is 3.94. The number of carbonyl (C=O) groups is 1. The Morgan fingerprint density at radius 1 is 1.40 bits per heavy atom. The van der Waals surface area contributed by atoms with Gasteiger partial charge in [-0.2, -0.15) is 13.2 Å². The van der Waals surface area contributed by atoms with Gasteiger partial charge in [0.1, 0.15) is 5.75 Å². The van der Waals surface area contributed by atoms with E-state index in [1.807, 2.05) is 0 Å². The monoisotopic (exact) mass is 219 g/mol. The molecule has 0 saturated carbocycles. The zero-order valence-electron chi connectivity index (χ0n) is 7.72. The molecule has 1 rings (SSSR count). The SMILES string of the molecule is CC(=O)c1ccc(O)c(N)c1C(F)(F)F. The van der Waals surface area contributed by atoms with Gasteiger partial charge in [-0.05, 0) is 19.1 Å². The van der Waals surface area contributed by atoms with E-state index >= 15 is 0 Å². The van der Waals surface area contributed by atoms with Gasteiger partial charge in [0.2, 0.25) is 0 Å². The van der Waals surface area contributed by atoms with Gasteiger partial charge in [0.05, 0.1) is 11.3 Å². The van der Waals surface area contributed by atoms with Crippen molar-refractivity contribution in [3.63, 3.8) is 0 Å². The molecular weight excluding hydrogens is 211 g/mol. The fraction of sp³-hybridized carbons (Fsp3) is 0.222. The first-order chi connectivity index (χ1) is 6.75. The maximum atomic E-state index is 12.5. The maximum absolute atomic E-state index is 12.5. The Hall–Kier alpha value is -1.72. The lowest BCUT2D eigenvalue weighted by Gasteiger charge is -2.14. The van der Waals surface area contributed by atoms with Crippen LogP contribution in [0.3, 0.4) is 0 Å². The minimum atomic E-state index is -4.76. The summed E-state index contributed by atoms with van der Waals surface area (Å²) in [5.74, 6) is -1.44. The molecule has 1 aromatic rings. The highest BCUT2D eigenvalue weighted by molar-refractivity contribution is 5.97. The Kier molecular flexibility index (Phi) is 2.61. The molecule has 0 heterocycles. The van der Waals surface area contributed by atoms with Gasteiger partial charge in [0, 0.05) is 5.56 Å². The molecule has 0 spiro atoms. The summed E-state index contributed by atoms with van der Waals surface area (Å²) >= 11 is 0. The van der Waals surface area contributed by atoms with Gasteiger partial charge in [-0.3, -0.25) is 4.79 Å². The lowest BCUT2D eigenvalue weighted by Crippen LogP contribution is -2.14. The fourth-order valence-electron chi connectivity index (χ4n) is 1.21. The molecule has 0 aliphatic carbocycles. The third-order valence-corrected chi connectivity index (χ3v) is 1.89. The summed E-state index contributed by atoms with van der Waals surface area (Å²) in [4.78, 5) is 10.9. The minimum Gasteiger partial charge on any atom is -0.506 e. The number of nitrogens with two attached hydrogens (primary N) is 1. The van der Waals surface area contributed by atoms with E-state index in [-0.39, 0.29) is 0 Å². The van der Waals surface area contributed by atoms with Gasteiger partial charge in [0.25, 0.3) is 0 Å². The van der Waals surface area contributed by atoms with Crippen molar-refractivity contribution in [2.45, 2.75) is 13.1 Å². The van der Waals surface area contributed by atoms with Crippen LogP contribution in [0, 0.1) is 0 Å². The topological polar surface area (TPSA) is 63.3 Å². The highest BCUT2D eigenvalue weighted by atomic mass is 19.4. The number of anilines is 1. The predicted molar refractivity (Wildman–Crippen MR) is 47.5 cm³/mol. The van der Waals surface area contributed by atoms with Gasteiger partial charge in [-0.25, -0.2) is 0 Å². The molecule has 15 heavy (non-hydrogen) atoms. The summed E-state index contributed by atoms with van der Waals surface area (Å²) in [5, 5.41) is 9.03. The third kappa shape index (κ3) is 2.03. The van der Waals surface area contributed by atoms with Crippen LogP contribution in [0.2, 0.25) is 0 Å². The van der Waals surface area contributed by atoms with Gasteiger partial charge >= 0.3 is 6.18 Å². The number of carbonyl (C=O) groups excluding carboxylic acids is 1. The average molecular weight is 219 g/mol. The highest BCUT2D eigenvalue weighted by Crippen LogP contribution is 2.40. The van der Waals surface area contributed by atoms with E-state index in [1.54, 1.807) is 0 Å². The molecule has 0 saturated heterocycles. The van der Waals surface area contributed by atoms with Crippen LogP contribution in [0.25, 0.3) is 0 Å². The molecule has 0 fully saturated rings. The Balaban J connectivity index is 3.57. The number of nitrogen functional groups attached to an aromatic ring is 1. The molecule has 1 aromatic carbocycles. The van der Waals surface area contributed by atoms with Crippen molar-refractivity contribution in [2.24, 2.45) is 0 Å². The molecule has 0 aliphatic heterocycles.